The molecule has 2 heterocycles. The van der Waals surface area contributed by atoms with Gasteiger partial charge in [0.25, 0.3) is 0 Å². The molecule has 0 radical (unpaired) electrons. The Hall–Kier alpha value is -1.88. The van der Waals surface area contributed by atoms with Crippen molar-refractivity contribution in [3.8, 4) is 0 Å². The minimum Gasteiger partial charge on any atom is -0.748 e. The summed E-state index contributed by atoms with van der Waals surface area (Å²) in [7, 11) is -3.98. The third kappa shape index (κ3) is 12.6. The Balaban J connectivity index is 0.000000308. The van der Waals surface area contributed by atoms with Crippen LogP contribution in [-0.4, -0.2) is 43.4 Å². The van der Waals surface area contributed by atoms with E-state index in [1.54, 1.807) is 12.1 Å². The van der Waals surface area contributed by atoms with Crippen LogP contribution in [0.2, 0.25) is 15.1 Å². The number of hydrogen-bond acceptors (Lipinski definition) is 6. The predicted octanol–water partition coefficient (Wildman–Crippen LogP) is 6.73. The van der Waals surface area contributed by atoms with Crippen molar-refractivity contribution in [2.75, 3.05) is 23.9 Å². The molecule has 0 saturated carbocycles. The van der Waals surface area contributed by atoms with Gasteiger partial charge in [0.1, 0.15) is 5.71 Å². The highest BCUT2D eigenvalue weighted by Crippen LogP contribution is 2.39. The van der Waals surface area contributed by atoms with Crippen LogP contribution in [-0.2, 0) is 14.9 Å². The van der Waals surface area contributed by atoms with E-state index < -0.39 is 10.1 Å². The number of anilines is 1. The van der Waals surface area contributed by atoms with Gasteiger partial charge < -0.3 is 4.55 Å². The lowest BCUT2D eigenvalue weighted by molar-refractivity contribution is -0.940. The molecule has 238 valence electrons. The van der Waals surface area contributed by atoms with Crippen molar-refractivity contribution in [2.24, 2.45) is 5.10 Å². The van der Waals surface area contributed by atoms with Crippen molar-refractivity contribution in [2.45, 2.75) is 90.0 Å². The fraction of sp³-hybridized carbons (Fsp3) is 0.548. The number of nitrogens with zero attached hydrogens (tertiary/aromatic N) is 2. The minimum atomic E-state index is -3.98. The van der Waals surface area contributed by atoms with E-state index in [4.69, 9.17) is 34.8 Å². The molecule has 8 nitrogen and oxygen atoms in total. The van der Waals surface area contributed by atoms with E-state index in [1.807, 2.05) is 35.3 Å². The van der Waals surface area contributed by atoms with Crippen LogP contribution < -0.4 is 15.4 Å². The third-order valence-electron chi connectivity index (χ3n) is 7.58. The number of hydrazone groups is 1. The van der Waals surface area contributed by atoms with Crippen LogP contribution in [0.5, 0.6) is 0 Å². The second-order valence-electron chi connectivity index (χ2n) is 11.1. The molecule has 1 atom stereocenters. The first kappa shape index (κ1) is 35.6. The molecule has 1 amide bonds. The van der Waals surface area contributed by atoms with Gasteiger partial charge >= 0.3 is 5.91 Å². The Labute approximate surface area is 271 Å². The maximum atomic E-state index is 12.9. The maximum absolute atomic E-state index is 12.9. The smallest absolute Gasteiger partial charge is 0.312 e. The van der Waals surface area contributed by atoms with E-state index >= 15 is 0 Å². The summed E-state index contributed by atoms with van der Waals surface area (Å²) in [6.07, 6.45) is 12.6. The molecule has 0 bridgehead atoms. The number of amides is 1. The van der Waals surface area contributed by atoms with Crippen molar-refractivity contribution >= 4 is 62.2 Å². The Morgan fingerprint density at radius 1 is 0.930 bits per heavy atom. The SMILES string of the molecule is CCCCCCCCCCS(=O)(=O)[O-].O=C(N[NH+]1CCCCC1)C1=NN(c2ccc(Cl)cc2Cl)[C@H](c2ccc(Cl)cc2)C1. The summed E-state index contributed by atoms with van der Waals surface area (Å²) in [5.41, 5.74) is 5.30. The van der Waals surface area contributed by atoms with Gasteiger partial charge in [-0.15, -0.1) is 0 Å². The number of benzene rings is 2. The van der Waals surface area contributed by atoms with Crippen molar-refractivity contribution in [3.63, 3.8) is 0 Å². The molecule has 0 spiro atoms. The maximum Gasteiger partial charge on any atom is 0.312 e. The highest BCUT2D eigenvalue weighted by atomic mass is 35.5. The number of quaternary nitrogens is 1. The molecule has 4 rings (SSSR count). The zero-order valence-electron chi connectivity index (χ0n) is 24.8. The van der Waals surface area contributed by atoms with Crippen molar-refractivity contribution < 1.29 is 22.8 Å². The second kappa shape index (κ2) is 18.2. The summed E-state index contributed by atoms with van der Waals surface area (Å²) in [5, 5.41) is 9.28. The summed E-state index contributed by atoms with van der Waals surface area (Å²) in [5.74, 6) is -0.324. The molecule has 43 heavy (non-hydrogen) atoms. The third-order valence-corrected chi connectivity index (χ3v) is 9.16. The van der Waals surface area contributed by atoms with E-state index in [-0.39, 0.29) is 17.7 Å². The van der Waals surface area contributed by atoms with Gasteiger partial charge in [-0.05, 0) is 61.6 Å². The first-order valence-electron chi connectivity index (χ1n) is 15.2. The van der Waals surface area contributed by atoms with E-state index in [1.165, 1.54) is 38.5 Å². The average molecular weight is 674 g/mol. The van der Waals surface area contributed by atoms with Crippen molar-refractivity contribution in [1.82, 2.24) is 5.43 Å². The normalized spacial score (nSPS) is 17.3. The molecule has 1 fully saturated rings. The molecule has 2 aliphatic heterocycles. The van der Waals surface area contributed by atoms with Gasteiger partial charge in [-0.1, -0.05) is 98.8 Å². The quantitative estimate of drug-likeness (QED) is 0.181. The fourth-order valence-electron chi connectivity index (χ4n) is 5.23. The fourth-order valence-corrected chi connectivity index (χ4v) is 6.41. The van der Waals surface area contributed by atoms with Gasteiger partial charge in [0.05, 0.1) is 40.0 Å². The highest BCUT2D eigenvalue weighted by molar-refractivity contribution is 7.85. The molecule has 12 heteroatoms. The van der Waals surface area contributed by atoms with Gasteiger partial charge in [-0.2, -0.15) is 10.5 Å². The standard InChI is InChI=1S/C21H21Cl3N4O.C10H22O3S/c22-15-6-4-14(5-7-15)20-13-18(21(29)26-27-10-2-1-3-11-27)25-28(20)19-9-8-16(23)12-17(19)24;1-2-3-4-5-6-7-8-9-10-14(11,12)13/h4-9,12,20H,1-3,10-11,13H2,(H,26,29);2-10H2,1H3,(H,11,12,13)/t20-;/m0./s1. The summed E-state index contributed by atoms with van der Waals surface area (Å²) in [4.78, 5) is 12.9. The van der Waals surface area contributed by atoms with Gasteiger partial charge in [0.15, 0.2) is 0 Å². The molecule has 2 aromatic rings. The predicted molar refractivity (Wildman–Crippen MR) is 175 cm³/mol. The first-order valence-corrected chi connectivity index (χ1v) is 18.0. The van der Waals surface area contributed by atoms with Crippen LogP contribution in [0.15, 0.2) is 47.6 Å². The summed E-state index contributed by atoms with van der Waals surface area (Å²) < 4.78 is 30.7. The van der Waals surface area contributed by atoms with E-state index in [2.05, 4.69) is 17.5 Å². The van der Waals surface area contributed by atoms with Crippen LogP contribution in [0.25, 0.3) is 0 Å². The number of unbranched alkanes of at least 4 members (excludes halogenated alkanes) is 7. The Morgan fingerprint density at radius 3 is 2.14 bits per heavy atom. The Morgan fingerprint density at radius 2 is 1.53 bits per heavy atom. The molecule has 0 unspecified atom stereocenters. The van der Waals surface area contributed by atoms with Crippen LogP contribution in [0, 0.1) is 0 Å². The van der Waals surface area contributed by atoms with Crippen LogP contribution in [0.4, 0.5) is 5.69 Å². The summed E-state index contributed by atoms with van der Waals surface area (Å²) in [6, 6.07) is 12.7. The van der Waals surface area contributed by atoms with E-state index in [0.29, 0.717) is 39.3 Å². The molecular formula is C31H43Cl3N4O4S. The first-order chi connectivity index (χ1) is 20.6. The van der Waals surface area contributed by atoms with Crippen LogP contribution in [0.3, 0.4) is 0 Å². The highest BCUT2D eigenvalue weighted by Gasteiger charge is 2.34. The second-order valence-corrected chi connectivity index (χ2v) is 13.9. The zero-order valence-corrected chi connectivity index (χ0v) is 27.9. The zero-order chi connectivity index (χ0) is 31.2. The summed E-state index contributed by atoms with van der Waals surface area (Å²) in [6.45, 7) is 4.08. The van der Waals surface area contributed by atoms with Crippen molar-refractivity contribution in [1.29, 1.82) is 0 Å². The molecule has 0 aromatic heterocycles. The number of piperidine rings is 1. The minimum absolute atomic E-state index is 0.131. The molecule has 0 aliphatic carbocycles. The number of rotatable bonds is 13. The lowest BCUT2D eigenvalue weighted by Gasteiger charge is -2.25. The van der Waals surface area contributed by atoms with E-state index in [9.17, 15) is 17.8 Å². The van der Waals surface area contributed by atoms with Gasteiger partial charge in [0, 0.05) is 22.2 Å². The number of carbonyl (C=O) groups is 1. The van der Waals surface area contributed by atoms with Crippen LogP contribution in [0.1, 0.15) is 95.6 Å². The Kier molecular flexibility index (Phi) is 15.0. The molecule has 1 saturated heterocycles. The average Bonchev–Trinajstić information content (AvgIpc) is 3.41. The summed E-state index contributed by atoms with van der Waals surface area (Å²) >= 11 is 18.6. The number of hydrogen-bond donors (Lipinski definition) is 2. The van der Waals surface area contributed by atoms with Gasteiger partial charge in [-0.25, -0.2) is 13.4 Å². The Bertz CT molecular complexity index is 1300. The lowest BCUT2D eigenvalue weighted by Crippen LogP contribution is -3.20. The lowest BCUT2D eigenvalue weighted by atomic mass is 10.0. The number of carbonyl (C=O) groups excluding carboxylic acids is 1. The number of halogens is 3. The largest absolute Gasteiger partial charge is 0.748 e. The molecule has 2 aromatic carbocycles. The van der Waals surface area contributed by atoms with Gasteiger partial charge in [-0.3, -0.25) is 9.80 Å². The van der Waals surface area contributed by atoms with Crippen LogP contribution >= 0.6 is 34.8 Å². The molecule has 2 aliphatic rings. The van der Waals surface area contributed by atoms with Gasteiger partial charge in [0.2, 0.25) is 0 Å². The number of nitrogens with one attached hydrogen (secondary N) is 2. The monoisotopic (exact) mass is 672 g/mol. The van der Waals surface area contributed by atoms with Crippen molar-refractivity contribution in [3.05, 3.63) is 63.1 Å². The van der Waals surface area contributed by atoms with E-state index in [0.717, 1.165) is 49.3 Å². The molecule has 2 N–H and O–H groups in total. The topological polar surface area (TPSA) is 106 Å². The molecular weight excluding hydrogens is 631 g/mol.